The number of carbonyl (C=O) groups is 2. The second kappa shape index (κ2) is 49.5. The Morgan fingerprint density at radius 2 is 0.841 bits per heavy atom. The van der Waals surface area contributed by atoms with Crippen LogP contribution < -0.4 is 5.32 Å². The lowest BCUT2D eigenvalue weighted by Gasteiger charge is -2.24. The smallest absolute Gasteiger partial charge is 0.306 e. The molecule has 358 valence electrons. The Morgan fingerprint density at radius 1 is 0.460 bits per heavy atom. The summed E-state index contributed by atoms with van der Waals surface area (Å²) in [6, 6.07) is -0.727. The summed E-state index contributed by atoms with van der Waals surface area (Å²) < 4.78 is 5.91. The molecule has 0 radical (unpaired) electrons. The maximum atomic E-state index is 13.2. The van der Waals surface area contributed by atoms with Gasteiger partial charge in [-0.1, -0.05) is 239 Å². The lowest BCUT2D eigenvalue weighted by atomic mass is 10.0. The highest BCUT2D eigenvalue weighted by molar-refractivity contribution is 5.77. The van der Waals surface area contributed by atoms with E-state index in [0.717, 1.165) is 103 Å². The van der Waals surface area contributed by atoms with Gasteiger partial charge in [0.25, 0.3) is 0 Å². The van der Waals surface area contributed by atoms with Gasteiger partial charge in [-0.05, 0) is 70.6 Å². The zero-order valence-electron chi connectivity index (χ0n) is 40.7. The molecule has 0 saturated carbocycles. The molecule has 0 aromatic carbocycles. The number of hydrogen-bond donors (Lipinski definition) is 3. The van der Waals surface area contributed by atoms with E-state index in [0.29, 0.717) is 19.3 Å². The maximum Gasteiger partial charge on any atom is 0.306 e. The molecule has 0 aromatic rings. The van der Waals surface area contributed by atoms with Gasteiger partial charge in [-0.3, -0.25) is 9.59 Å². The van der Waals surface area contributed by atoms with Gasteiger partial charge in [0.05, 0.1) is 25.2 Å². The summed E-state index contributed by atoms with van der Waals surface area (Å²) in [5.74, 6) is -0.553. The van der Waals surface area contributed by atoms with E-state index in [4.69, 9.17) is 4.74 Å². The molecule has 0 aliphatic heterocycles. The summed E-state index contributed by atoms with van der Waals surface area (Å²) in [6.07, 6.45) is 67.1. The molecule has 0 spiro atoms. The first-order chi connectivity index (χ1) is 31.0. The van der Waals surface area contributed by atoms with Gasteiger partial charge in [0.15, 0.2) is 0 Å². The Labute approximate surface area is 388 Å². The first-order valence-corrected chi connectivity index (χ1v) is 25.7. The van der Waals surface area contributed by atoms with Crippen LogP contribution in [0.5, 0.6) is 0 Å². The molecule has 0 aromatic heterocycles. The highest BCUT2D eigenvalue weighted by atomic mass is 16.5. The summed E-state index contributed by atoms with van der Waals surface area (Å²) in [4.78, 5) is 26.1. The standard InChI is InChI=1S/C57H95NO5/c1-4-7-10-13-16-19-22-24-26-28-29-31-33-35-38-41-44-47-50-57(62)63-53(48-45-42-39-36-34-32-30-27-25-23-20-17-14-11-8-5-2)51-56(61)58-54(52-59)55(60)49-46-43-40-37-21-18-15-12-9-6-3/h11,14,16-17,19-20,22-32,34,53-55,59-60H,4-10,12-13,15,18,21,33,35-52H2,1-3H3,(H,58,61)/b14-11+,19-16+,20-17+,24-22+,25-23+,28-26+,30-27+,31-29+,34-32+. The van der Waals surface area contributed by atoms with Crippen molar-refractivity contribution in [2.75, 3.05) is 6.61 Å². The van der Waals surface area contributed by atoms with E-state index >= 15 is 0 Å². The molecule has 1 amide bonds. The number of aliphatic hydroxyl groups is 2. The van der Waals surface area contributed by atoms with Gasteiger partial charge in [0.2, 0.25) is 5.91 Å². The van der Waals surface area contributed by atoms with Crippen molar-refractivity contribution in [1.29, 1.82) is 0 Å². The Balaban J connectivity index is 4.76. The molecule has 3 atom stereocenters. The molecule has 3 unspecified atom stereocenters. The quantitative estimate of drug-likeness (QED) is 0.0322. The number of hydrogen-bond acceptors (Lipinski definition) is 5. The zero-order chi connectivity index (χ0) is 45.9. The average Bonchev–Trinajstić information content (AvgIpc) is 3.28. The van der Waals surface area contributed by atoms with Crippen molar-refractivity contribution in [2.24, 2.45) is 0 Å². The number of nitrogens with one attached hydrogen (secondary N) is 1. The van der Waals surface area contributed by atoms with Crippen molar-refractivity contribution in [1.82, 2.24) is 5.32 Å². The molecule has 0 heterocycles. The van der Waals surface area contributed by atoms with Gasteiger partial charge in [-0.25, -0.2) is 0 Å². The number of carbonyl (C=O) groups excluding carboxylic acids is 2. The van der Waals surface area contributed by atoms with Crippen LogP contribution in [0, 0.1) is 0 Å². The van der Waals surface area contributed by atoms with Crippen LogP contribution in [0.2, 0.25) is 0 Å². The average molecular weight is 874 g/mol. The van der Waals surface area contributed by atoms with Crippen LogP contribution in [0.15, 0.2) is 109 Å². The second-order valence-corrected chi connectivity index (χ2v) is 17.1. The van der Waals surface area contributed by atoms with Gasteiger partial charge >= 0.3 is 5.97 Å². The first-order valence-electron chi connectivity index (χ1n) is 25.7. The van der Waals surface area contributed by atoms with Crippen molar-refractivity contribution in [3.05, 3.63) is 109 Å². The van der Waals surface area contributed by atoms with Gasteiger partial charge < -0.3 is 20.3 Å². The van der Waals surface area contributed by atoms with Crippen molar-refractivity contribution < 1.29 is 24.5 Å². The molecular weight excluding hydrogens is 779 g/mol. The summed E-state index contributed by atoms with van der Waals surface area (Å²) in [5.41, 5.74) is 0. The molecule has 0 aliphatic carbocycles. The van der Waals surface area contributed by atoms with Crippen LogP contribution in [0.25, 0.3) is 0 Å². The molecule has 0 aliphatic rings. The lowest BCUT2D eigenvalue weighted by Crippen LogP contribution is -2.46. The fourth-order valence-electron chi connectivity index (χ4n) is 7.12. The third kappa shape index (κ3) is 44.9. The predicted octanol–water partition coefficient (Wildman–Crippen LogP) is 15.5. The monoisotopic (exact) mass is 874 g/mol. The van der Waals surface area contributed by atoms with E-state index < -0.39 is 18.2 Å². The molecule has 6 nitrogen and oxygen atoms in total. The van der Waals surface area contributed by atoms with E-state index in [1.165, 1.54) is 64.2 Å². The third-order valence-corrected chi connectivity index (χ3v) is 11.0. The minimum absolute atomic E-state index is 0.0326. The van der Waals surface area contributed by atoms with E-state index in [1.54, 1.807) is 0 Å². The van der Waals surface area contributed by atoms with E-state index in [2.05, 4.69) is 99.0 Å². The van der Waals surface area contributed by atoms with E-state index in [-0.39, 0.29) is 24.9 Å². The molecule has 0 fully saturated rings. The fourth-order valence-corrected chi connectivity index (χ4v) is 7.12. The Hall–Kier alpha value is -3.48. The highest BCUT2D eigenvalue weighted by Gasteiger charge is 2.24. The number of esters is 1. The third-order valence-electron chi connectivity index (χ3n) is 11.0. The predicted molar refractivity (Wildman–Crippen MR) is 273 cm³/mol. The normalized spacial score (nSPS) is 14.2. The fraction of sp³-hybridized carbons (Fsp3) is 0.649. The van der Waals surface area contributed by atoms with Gasteiger partial charge in [0, 0.05) is 6.42 Å². The summed E-state index contributed by atoms with van der Waals surface area (Å²) in [5, 5.41) is 23.7. The van der Waals surface area contributed by atoms with Crippen LogP contribution in [0.1, 0.15) is 213 Å². The molecule has 0 bridgehead atoms. The highest BCUT2D eigenvalue weighted by Crippen LogP contribution is 2.17. The van der Waals surface area contributed by atoms with E-state index in [1.807, 2.05) is 36.5 Å². The molecule has 0 rings (SSSR count). The Bertz CT molecular complexity index is 1300. The van der Waals surface area contributed by atoms with Gasteiger partial charge in [-0.15, -0.1) is 0 Å². The SMILES string of the molecule is CCC/C=C/C=C/C=C/C=C/C=C/CCCCCC(CC(=O)NC(CO)C(O)CCCCCCCCCCCC)OC(=O)CCCCCCC/C=C/C=C/C=C/C=C/CCCCC. The van der Waals surface area contributed by atoms with Crippen LogP contribution >= 0.6 is 0 Å². The first kappa shape index (κ1) is 59.5. The van der Waals surface area contributed by atoms with Crippen LogP contribution in [0.3, 0.4) is 0 Å². The van der Waals surface area contributed by atoms with Crippen LogP contribution in [0.4, 0.5) is 0 Å². The topological polar surface area (TPSA) is 95.9 Å². The summed E-state index contributed by atoms with van der Waals surface area (Å²) >= 11 is 0. The largest absolute Gasteiger partial charge is 0.462 e. The van der Waals surface area contributed by atoms with Gasteiger partial charge in [0.1, 0.15) is 6.10 Å². The van der Waals surface area contributed by atoms with Crippen molar-refractivity contribution in [2.45, 2.75) is 232 Å². The molecular formula is C57H95NO5. The van der Waals surface area contributed by atoms with Gasteiger partial charge in [-0.2, -0.15) is 0 Å². The Morgan fingerprint density at radius 3 is 1.33 bits per heavy atom. The maximum absolute atomic E-state index is 13.2. The lowest BCUT2D eigenvalue weighted by molar-refractivity contribution is -0.151. The molecule has 3 N–H and O–H groups in total. The Kier molecular flexibility index (Phi) is 46.8. The number of ether oxygens (including phenoxy) is 1. The van der Waals surface area contributed by atoms with Crippen molar-refractivity contribution in [3.63, 3.8) is 0 Å². The number of aliphatic hydroxyl groups excluding tert-OH is 2. The molecule has 0 saturated heterocycles. The number of rotatable bonds is 44. The summed E-state index contributed by atoms with van der Waals surface area (Å²) in [7, 11) is 0. The zero-order valence-corrected chi connectivity index (χ0v) is 40.7. The second-order valence-electron chi connectivity index (χ2n) is 17.1. The number of amides is 1. The number of allylic oxidation sites excluding steroid dienone is 18. The minimum atomic E-state index is -0.810. The van der Waals surface area contributed by atoms with Crippen LogP contribution in [-0.4, -0.2) is 46.9 Å². The minimum Gasteiger partial charge on any atom is -0.462 e. The molecule has 6 heteroatoms. The molecule has 63 heavy (non-hydrogen) atoms. The summed E-state index contributed by atoms with van der Waals surface area (Å²) in [6.45, 7) is 6.31. The van der Waals surface area contributed by atoms with Crippen molar-refractivity contribution in [3.8, 4) is 0 Å². The van der Waals surface area contributed by atoms with E-state index in [9.17, 15) is 19.8 Å². The number of unbranched alkanes of at least 4 members (excludes halogenated alkanes) is 21. The van der Waals surface area contributed by atoms with Crippen molar-refractivity contribution >= 4 is 11.9 Å². The van der Waals surface area contributed by atoms with Crippen LogP contribution in [-0.2, 0) is 14.3 Å².